The molecule has 0 aromatic heterocycles. The Hall–Kier alpha value is -1.42. The number of ether oxygens (including phenoxy) is 1. The smallest absolute Gasteiger partial charge is 0.241 e. The van der Waals surface area contributed by atoms with E-state index in [-0.39, 0.29) is 31.0 Å². The standard InChI is InChI=1S/C20H31N5O3.ClH/c26-15(14-28-16-4-2-1-3-5-16)13-24-8-10-25(11-9-24)20(27)19-17-12-21-7-6-18(17)22-23-19;/h1-5,15,17-19,21-23,26H,6-14H2;1H. The highest BCUT2D eigenvalue weighted by Crippen LogP contribution is 2.22. The summed E-state index contributed by atoms with van der Waals surface area (Å²) >= 11 is 0. The van der Waals surface area contributed by atoms with Crippen molar-refractivity contribution < 1.29 is 14.6 Å². The number of fused-ring (bicyclic) bond motifs is 1. The summed E-state index contributed by atoms with van der Waals surface area (Å²) in [6, 6.07) is 9.78. The molecule has 1 aromatic carbocycles. The third-order valence-electron chi connectivity index (χ3n) is 5.99. The summed E-state index contributed by atoms with van der Waals surface area (Å²) in [6.45, 7) is 5.69. The molecular weight excluding hydrogens is 394 g/mol. The quantitative estimate of drug-likeness (QED) is 0.486. The number of hydrogen-bond acceptors (Lipinski definition) is 7. The van der Waals surface area contributed by atoms with Gasteiger partial charge in [-0.2, -0.15) is 0 Å². The molecule has 9 heteroatoms. The first-order valence-electron chi connectivity index (χ1n) is 10.3. The molecule has 1 amide bonds. The zero-order valence-electron chi connectivity index (χ0n) is 16.6. The number of aliphatic hydroxyl groups excluding tert-OH is 1. The van der Waals surface area contributed by atoms with Gasteiger partial charge >= 0.3 is 0 Å². The molecule has 8 nitrogen and oxygen atoms in total. The fraction of sp³-hybridized carbons (Fsp3) is 0.650. The van der Waals surface area contributed by atoms with E-state index in [0.717, 1.165) is 38.3 Å². The molecule has 3 aliphatic rings. The van der Waals surface area contributed by atoms with Gasteiger partial charge in [-0.1, -0.05) is 18.2 Å². The van der Waals surface area contributed by atoms with Gasteiger partial charge in [0.25, 0.3) is 0 Å². The summed E-state index contributed by atoms with van der Waals surface area (Å²) in [6.07, 6.45) is 0.510. The van der Waals surface area contributed by atoms with Gasteiger partial charge in [0, 0.05) is 51.2 Å². The average Bonchev–Trinajstić information content (AvgIpc) is 3.17. The van der Waals surface area contributed by atoms with E-state index in [2.05, 4.69) is 21.1 Å². The number of piperazine rings is 1. The molecule has 4 N–H and O–H groups in total. The van der Waals surface area contributed by atoms with Crippen molar-refractivity contribution in [1.82, 2.24) is 26.0 Å². The van der Waals surface area contributed by atoms with Gasteiger partial charge in [0.15, 0.2) is 0 Å². The van der Waals surface area contributed by atoms with E-state index in [9.17, 15) is 9.90 Å². The molecule has 4 atom stereocenters. The van der Waals surface area contributed by atoms with Crippen LogP contribution in [0.25, 0.3) is 0 Å². The molecule has 3 fully saturated rings. The predicted molar refractivity (Wildman–Crippen MR) is 113 cm³/mol. The molecule has 4 unspecified atom stereocenters. The highest BCUT2D eigenvalue weighted by atomic mass is 35.5. The number of amides is 1. The Morgan fingerprint density at radius 3 is 2.69 bits per heavy atom. The second-order valence-electron chi connectivity index (χ2n) is 7.93. The third-order valence-corrected chi connectivity index (χ3v) is 5.99. The van der Waals surface area contributed by atoms with Crippen molar-refractivity contribution in [1.29, 1.82) is 0 Å². The van der Waals surface area contributed by atoms with Gasteiger partial charge in [0.2, 0.25) is 5.91 Å². The molecular formula is C20H32ClN5O3. The van der Waals surface area contributed by atoms with Crippen LogP contribution in [0.5, 0.6) is 5.75 Å². The van der Waals surface area contributed by atoms with Crippen molar-refractivity contribution in [2.75, 3.05) is 52.4 Å². The maximum absolute atomic E-state index is 13.0. The average molecular weight is 426 g/mol. The van der Waals surface area contributed by atoms with Crippen LogP contribution in [0.3, 0.4) is 0 Å². The lowest BCUT2D eigenvalue weighted by molar-refractivity contribution is -0.136. The number of hydrogen-bond donors (Lipinski definition) is 4. The van der Waals surface area contributed by atoms with Gasteiger partial charge < -0.3 is 20.1 Å². The van der Waals surface area contributed by atoms with Gasteiger partial charge in [-0.3, -0.25) is 15.1 Å². The summed E-state index contributed by atoms with van der Waals surface area (Å²) in [5.74, 6) is 1.28. The summed E-state index contributed by atoms with van der Waals surface area (Å²) < 4.78 is 5.62. The van der Waals surface area contributed by atoms with Crippen LogP contribution in [-0.4, -0.2) is 91.4 Å². The molecule has 162 valence electrons. The minimum Gasteiger partial charge on any atom is -0.491 e. The van der Waals surface area contributed by atoms with Crippen LogP contribution in [0.2, 0.25) is 0 Å². The molecule has 1 aromatic rings. The summed E-state index contributed by atoms with van der Waals surface area (Å²) in [5, 5.41) is 13.7. The Balaban J connectivity index is 0.00000240. The monoisotopic (exact) mass is 425 g/mol. The third kappa shape index (κ3) is 5.59. The lowest BCUT2D eigenvalue weighted by Gasteiger charge is -2.37. The van der Waals surface area contributed by atoms with Crippen molar-refractivity contribution in [3.63, 3.8) is 0 Å². The van der Waals surface area contributed by atoms with Crippen molar-refractivity contribution in [3.05, 3.63) is 30.3 Å². The van der Waals surface area contributed by atoms with Crippen LogP contribution in [0.4, 0.5) is 0 Å². The number of nitrogens with one attached hydrogen (secondary N) is 3. The number of para-hydroxylation sites is 1. The Kier molecular flexibility index (Phi) is 8.11. The second-order valence-corrected chi connectivity index (χ2v) is 7.93. The number of halogens is 1. The van der Waals surface area contributed by atoms with E-state index < -0.39 is 6.10 Å². The van der Waals surface area contributed by atoms with Crippen LogP contribution in [0.15, 0.2) is 30.3 Å². The first-order valence-corrected chi connectivity index (χ1v) is 10.3. The van der Waals surface area contributed by atoms with Gasteiger partial charge in [-0.25, -0.2) is 5.43 Å². The van der Waals surface area contributed by atoms with Crippen molar-refractivity contribution in [2.24, 2.45) is 5.92 Å². The molecule has 4 rings (SSSR count). The number of rotatable bonds is 6. The molecule has 3 saturated heterocycles. The topological polar surface area (TPSA) is 89.1 Å². The van der Waals surface area contributed by atoms with Crippen molar-refractivity contribution >= 4 is 18.3 Å². The minimum absolute atomic E-state index is 0. The normalized spacial score (nSPS) is 28.3. The number of carbonyl (C=O) groups excluding carboxylic acids is 1. The van der Waals surface area contributed by atoms with E-state index >= 15 is 0 Å². The second kappa shape index (κ2) is 10.6. The first kappa shape index (κ1) is 22.3. The Bertz CT molecular complexity index is 644. The zero-order chi connectivity index (χ0) is 19.3. The molecule has 29 heavy (non-hydrogen) atoms. The van der Waals surface area contributed by atoms with E-state index in [1.165, 1.54) is 0 Å². The minimum atomic E-state index is -0.544. The van der Waals surface area contributed by atoms with Gasteiger partial charge in [0.05, 0.1) is 0 Å². The van der Waals surface area contributed by atoms with Crippen LogP contribution < -0.4 is 20.9 Å². The number of aliphatic hydroxyl groups is 1. The summed E-state index contributed by atoms with van der Waals surface area (Å²) in [4.78, 5) is 17.1. The fourth-order valence-corrected chi connectivity index (χ4v) is 4.37. The van der Waals surface area contributed by atoms with Crippen LogP contribution in [0.1, 0.15) is 6.42 Å². The highest BCUT2D eigenvalue weighted by molar-refractivity contribution is 5.85. The molecule has 0 radical (unpaired) electrons. The predicted octanol–water partition coefficient (Wildman–Crippen LogP) is -0.553. The maximum Gasteiger partial charge on any atom is 0.241 e. The number of piperidine rings is 1. The highest BCUT2D eigenvalue weighted by Gasteiger charge is 2.43. The summed E-state index contributed by atoms with van der Waals surface area (Å²) in [5.41, 5.74) is 6.52. The van der Waals surface area contributed by atoms with Gasteiger partial charge in [-0.15, -0.1) is 12.4 Å². The van der Waals surface area contributed by atoms with Gasteiger partial charge in [0.1, 0.15) is 24.5 Å². The molecule has 0 spiro atoms. The molecule has 3 heterocycles. The summed E-state index contributed by atoms with van der Waals surface area (Å²) in [7, 11) is 0. The van der Waals surface area contributed by atoms with Crippen LogP contribution >= 0.6 is 12.4 Å². The maximum atomic E-state index is 13.0. The van der Waals surface area contributed by atoms with Crippen molar-refractivity contribution in [3.8, 4) is 5.75 Å². The fourth-order valence-electron chi connectivity index (χ4n) is 4.37. The number of nitrogens with zero attached hydrogens (tertiary/aromatic N) is 2. The van der Waals surface area contributed by atoms with Gasteiger partial charge in [-0.05, 0) is 25.1 Å². The number of benzene rings is 1. The van der Waals surface area contributed by atoms with Crippen molar-refractivity contribution in [2.45, 2.75) is 24.6 Å². The van der Waals surface area contributed by atoms with Crippen LogP contribution in [0, 0.1) is 5.92 Å². The largest absolute Gasteiger partial charge is 0.491 e. The molecule has 0 saturated carbocycles. The Morgan fingerprint density at radius 1 is 1.17 bits per heavy atom. The lowest BCUT2D eigenvalue weighted by atomic mass is 9.89. The van der Waals surface area contributed by atoms with E-state index in [1.807, 2.05) is 35.2 Å². The Morgan fingerprint density at radius 2 is 1.93 bits per heavy atom. The number of carbonyl (C=O) groups is 1. The molecule has 0 bridgehead atoms. The Labute approximate surface area is 178 Å². The zero-order valence-corrected chi connectivity index (χ0v) is 17.4. The van der Waals surface area contributed by atoms with E-state index in [0.29, 0.717) is 31.6 Å². The number of β-amino-alcohol motifs (C(OH)–C–C–N with tert-alkyl or cyclic N) is 1. The van der Waals surface area contributed by atoms with Crippen LogP contribution in [-0.2, 0) is 4.79 Å². The molecule has 3 aliphatic heterocycles. The molecule has 0 aliphatic carbocycles. The lowest BCUT2D eigenvalue weighted by Crippen LogP contribution is -2.56. The van der Waals surface area contributed by atoms with E-state index in [1.54, 1.807) is 0 Å². The number of hydrazine groups is 1. The van der Waals surface area contributed by atoms with E-state index in [4.69, 9.17) is 4.74 Å². The first-order chi connectivity index (χ1) is 13.7. The SMILES string of the molecule is Cl.O=C(C1NNC2CCNCC21)N1CCN(CC(O)COc2ccccc2)CC1.